The lowest BCUT2D eigenvalue weighted by Gasteiger charge is -2.35. The van der Waals surface area contributed by atoms with E-state index in [1.54, 1.807) is 6.07 Å². The van der Waals surface area contributed by atoms with E-state index < -0.39 is 23.0 Å². The molecule has 0 bridgehead atoms. The molecular formula is C21H18FN9O3. The summed E-state index contributed by atoms with van der Waals surface area (Å²) < 4.78 is 16.4. The molecule has 1 fully saturated rings. The van der Waals surface area contributed by atoms with E-state index in [4.69, 9.17) is 0 Å². The first-order valence-corrected chi connectivity index (χ1v) is 10.3. The number of aromatic nitrogens is 7. The minimum atomic E-state index is -0.880. The summed E-state index contributed by atoms with van der Waals surface area (Å²) in [5, 5.41) is 4.05. The second-order valence-corrected chi connectivity index (χ2v) is 7.45. The molecule has 0 radical (unpaired) electrons. The maximum absolute atomic E-state index is 14.2. The van der Waals surface area contributed by atoms with Crippen LogP contribution in [0.5, 0.6) is 0 Å². The van der Waals surface area contributed by atoms with Crippen molar-refractivity contribution in [3.05, 3.63) is 87.7 Å². The van der Waals surface area contributed by atoms with E-state index >= 15 is 0 Å². The van der Waals surface area contributed by atoms with Crippen molar-refractivity contribution >= 4 is 11.7 Å². The van der Waals surface area contributed by atoms with E-state index in [9.17, 15) is 18.8 Å². The van der Waals surface area contributed by atoms with Gasteiger partial charge in [-0.05, 0) is 12.1 Å². The molecule has 0 atom stereocenters. The SMILES string of the molecule is O=C(c1c[nH]c(=O)n(-c2ccccc2F)c1=O)N1CCN(c2cc(-n3cncn3)ncn2)CC1. The highest BCUT2D eigenvalue weighted by Gasteiger charge is 2.26. The number of anilines is 1. The van der Waals surface area contributed by atoms with Crippen LogP contribution in [-0.4, -0.2) is 71.3 Å². The van der Waals surface area contributed by atoms with Gasteiger partial charge in [0.05, 0.1) is 5.69 Å². The van der Waals surface area contributed by atoms with Gasteiger partial charge in [0, 0.05) is 38.4 Å². The van der Waals surface area contributed by atoms with E-state index in [1.807, 2.05) is 4.90 Å². The third-order valence-electron chi connectivity index (χ3n) is 5.48. The van der Waals surface area contributed by atoms with Crippen LogP contribution in [0, 0.1) is 5.82 Å². The predicted molar refractivity (Wildman–Crippen MR) is 118 cm³/mol. The Hall–Kier alpha value is -4.68. The molecule has 1 aliphatic heterocycles. The molecule has 1 saturated heterocycles. The number of piperazine rings is 1. The minimum absolute atomic E-state index is 0.222. The number of carbonyl (C=O) groups excluding carboxylic acids is 1. The van der Waals surface area contributed by atoms with Crippen molar-refractivity contribution < 1.29 is 9.18 Å². The smallest absolute Gasteiger partial charge is 0.333 e. The number of hydrogen-bond acceptors (Lipinski definition) is 8. The quantitative estimate of drug-likeness (QED) is 0.447. The van der Waals surface area contributed by atoms with E-state index in [-0.39, 0.29) is 11.3 Å². The first-order chi connectivity index (χ1) is 16.5. The monoisotopic (exact) mass is 463 g/mol. The normalized spacial score (nSPS) is 13.8. The first-order valence-electron chi connectivity index (χ1n) is 10.3. The van der Waals surface area contributed by atoms with Crippen molar-refractivity contribution in [2.75, 3.05) is 31.1 Å². The number of benzene rings is 1. The summed E-state index contributed by atoms with van der Waals surface area (Å²) in [5.74, 6) is -0.0677. The van der Waals surface area contributed by atoms with Gasteiger partial charge in [0.25, 0.3) is 11.5 Å². The number of nitrogens with zero attached hydrogens (tertiary/aromatic N) is 8. The Morgan fingerprint density at radius 1 is 1.00 bits per heavy atom. The number of halogens is 1. The third kappa shape index (κ3) is 3.83. The minimum Gasteiger partial charge on any atom is -0.353 e. The number of nitrogens with one attached hydrogen (secondary N) is 1. The van der Waals surface area contributed by atoms with Crippen LogP contribution in [0.25, 0.3) is 11.5 Å². The summed E-state index contributed by atoms with van der Waals surface area (Å²) in [6.07, 6.45) is 5.44. The number of amides is 1. The number of rotatable bonds is 4. The molecule has 4 heterocycles. The van der Waals surface area contributed by atoms with Crippen LogP contribution in [0.1, 0.15) is 10.4 Å². The Kier molecular flexibility index (Phi) is 5.41. The lowest BCUT2D eigenvalue weighted by Crippen LogP contribution is -2.50. The van der Waals surface area contributed by atoms with Gasteiger partial charge >= 0.3 is 5.69 Å². The van der Waals surface area contributed by atoms with Crippen molar-refractivity contribution in [1.29, 1.82) is 0 Å². The van der Waals surface area contributed by atoms with Crippen LogP contribution >= 0.6 is 0 Å². The zero-order chi connectivity index (χ0) is 23.7. The standard InChI is InChI=1S/C21H18FN9O3/c22-15-3-1-2-4-16(15)31-20(33)14(10-24-21(31)34)19(32)29-7-5-28(6-8-29)17-9-18(26-12-25-17)30-13-23-11-27-30/h1-4,9-13H,5-8H2,(H,24,34). The number of H-pyrrole nitrogens is 1. The Bertz CT molecular complexity index is 1460. The highest BCUT2D eigenvalue weighted by molar-refractivity contribution is 5.93. The zero-order valence-electron chi connectivity index (χ0n) is 17.7. The second kappa shape index (κ2) is 8.69. The first kappa shape index (κ1) is 21.2. The fraction of sp³-hybridized carbons (Fsp3) is 0.190. The molecular weight excluding hydrogens is 445 g/mol. The van der Waals surface area contributed by atoms with Gasteiger partial charge in [-0.15, -0.1) is 0 Å². The Morgan fingerprint density at radius 2 is 1.76 bits per heavy atom. The molecule has 5 rings (SSSR count). The molecule has 172 valence electrons. The van der Waals surface area contributed by atoms with Crippen LogP contribution < -0.4 is 16.1 Å². The number of para-hydroxylation sites is 1. The number of carbonyl (C=O) groups is 1. The molecule has 0 aliphatic carbocycles. The van der Waals surface area contributed by atoms with E-state index in [1.165, 1.54) is 46.8 Å². The molecule has 0 spiro atoms. The lowest BCUT2D eigenvalue weighted by atomic mass is 10.2. The highest BCUT2D eigenvalue weighted by atomic mass is 19.1. The van der Waals surface area contributed by atoms with Gasteiger partial charge in [0.1, 0.15) is 36.2 Å². The van der Waals surface area contributed by atoms with E-state index in [2.05, 4.69) is 25.0 Å². The molecule has 0 unspecified atom stereocenters. The van der Waals surface area contributed by atoms with Gasteiger partial charge in [-0.1, -0.05) is 12.1 Å². The molecule has 13 heteroatoms. The topological polar surface area (TPSA) is 135 Å². The molecule has 1 aliphatic rings. The highest BCUT2D eigenvalue weighted by Crippen LogP contribution is 2.16. The molecule has 1 N–H and O–H groups in total. The van der Waals surface area contributed by atoms with Crippen molar-refractivity contribution in [1.82, 2.24) is 39.2 Å². The maximum atomic E-state index is 14.2. The van der Waals surface area contributed by atoms with Crippen LogP contribution in [0.3, 0.4) is 0 Å². The largest absolute Gasteiger partial charge is 0.353 e. The van der Waals surface area contributed by atoms with Crippen molar-refractivity contribution in [3.63, 3.8) is 0 Å². The van der Waals surface area contributed by atoms with Crippen LogP contribution in [0.4, 0.5) is 10.2 Å². The van der Waals surface area contributed by atoms with Gasteiger partial charge < -0.3 is 14.8 Å². The molecule has 1 aromatic carbocycles. The molecule has 0 saturated carbocycles. The summed E-state index contributed by atoms with van der Waals surface area (Å²) >= 11 is 0. The molecule has 3 aromatic heterocycles. The van der Waals surface area contributed by atoms with Gasteiger partial charge in [0.2, 0.25) is 0 Å². The summed E-state index contributed by atoms with van der Waals surface area (Å²) in [6.45, 7) is 1.56. The summed E-state index contributed by atoms with van der Waals surface area (Å²) in [4.78, 5) is 56.5. The number of hydrogen-bond donors (Lipinski definition) is 1. The molecule has 34 heavy (non-hydrogen) atoms. The summed E-state index contributed by atoms with van der Waals surface area (Å²) in [6, 6.07) is 7.14. The van der Waals surface area contributed by atoms with Crippen molar-refractivity contribution in [3.8, 4) is 11.5 Å². The fourth-order valence-corrected chi connectivity index (χ4v) is 3.75. The maximum Gasteiger partial charge on any atom is 0.333 e. The Labute approximate surface area is 191 Å². The third-order valence-corrected chi connectivity index (χ3v) is 5.48. The fourth-order valence-electron chi connectivity index (χ4n) is 3.75. The van der Waals surface area contributed by atoms with Gasteiger partial charge in [-0.25, -0.2) is 33.4 Å². The van der Waals surface area contributed by atoms with Crippen molar-refractivity contribution in [2.24, 2.45) is 0 Å². The number of aromatic amines is 1. The van der Waals surface area contributed by atoms with Gasteiger partial charge in [-0.3, -0.25) is 9.59 Å². The summed E-state index contributed by atoms with van der Waals surface area (Å²) in [7, 11) is 0. The second-order valence-electron chi connectivity index (χ2n) is 7.45. The molecule has 12 nitrogen and oxygen atoms in total. The predicted octanol–water partition coefficient (Wildman–Crippen LogP) is -0.00200. The van der Waals surface area contributed by atoms with Crippen molar-refractivity contribution in [2.45, 2.75) is 0 Å². The van der Waals surface area contributed by atoms with Crippen LogP contribution in [-0.2, 0) is 0 Å². The average Bonchev–Trinajstić information content (AvgIpc) is 3.40. The lowest BCUT2D eigenvalue weighted by molar-refractivity contribution is 0.0743. The Morgan fingerprint density at radius 3 is 2.50 bits per heavy atom. The molecule has 4 aromatic rings. The van der Waals surface area contributed by atoms with Gasteiger partial charge in [0.15, 0.2) is 5.82 Å². The van der Waals surface area contributed by atoms with Gasteiger partial charge in [-0.2, -0.15) is 5.10 Å². The average molecular weight is 463 g/mol. The van der Waals surface area contributed by atoms with E-state index in [0.717, 1.165) is 12.3 Å². The summed E-state index contributed by atoms with van der Waals surface area (Å²) in [5.41, 5.74) is -2.18. The van der Waals surface area contributed by atoms with Crippen LogP contribution in [0.2, 0.25) is 0 Å². The molecule has 1 amide bonds. The van der Waals surface area contributed by atoms with Crippen LogP contribution in [0.15, 0.2) is 65.1 Å². The van der Waals surface area contributed by atoms with E-state index in [0.29, 0.717) is 42.4 Å². The zero-order valence-corrected chi connectivity index (χ0v) is 17.7. The Balaban J connectivity index is 1.35.